The van der Waals surface area contributed by atoms with Crippen molar-refractivity contribution in [3.63, 3.8) is 0 Å². The number of likely N-dealkylation sites (tertiary alicyclic amines) is 1. The third-order valence-corrected chi connectivity index (χ3v) is 3.09. The van der Waals surface area contributed by atoms with E-state index in [2.05, 4.69) is 6.92 Å². The quantitative estimate of drug-likeness (QED) is 0.796. The second-order valence-corrected chi connectivity index (χ2v) is 6.14. The molecule has 1 aliphatic rings. The van der Waals surface area contributed by atoms with Gasteiger partial charge in [0.15, 0.2) is 0 Å². The van der Waals surface area contributed by atoms with Crippen LogP contribution in [0.4, 0.5) is 4.79 Å². The van der Waals surface area contributed by atoms with Crippen LogP contribution in [0.15, 0.2) is 0 Å². The second kappa shape index (κ2) is 7.10. The second-order valence-electron chi connectivity index (χ2n) is 6.14. The number of unbranched alkanes of at least 4 members (excludes halogenated alkanes) is 1. The average molecular weight is 272 g/mol. The molecule has 0 spiro atoms. The maximum absolute atomic E-state index is 12.0. The molecule has 2 N–H and O–H groups in total. The van der Waals surface area contributed by atoms with Gasteiger partial charge in [0.2, 0.25) is 0 Å². The standard InChI is InChI=1S/C14H28N2O3/c1-5-6-9-18-12-10-16(8-7-11(12)15)13(17)19-14(2,3)4/h11-12H,5-10,15H2,1-4H3. The fraction of sp³-hybridized carbons (Fsp3) is 0.929. The van der Waals surface area contributed by atoms with Gasteiger partial charge < -0.3 is 20.1 Å². The number of hydrogen-bond acceptors (Lipinski definition) is 4. The van der Waals surface area contributed by atoms with E-state index in [-0.39, 0.29) is 18.2 Å². The molecule has 0 aromatic heterocycles. The van der Waals surface area contributed by atoms with E-state index < -0.39 is 5.60 Å². The first kappa shape index (κ1) is 16.2. The van der Waals surface area contributed by atoms with Crippen molar-refractivity contribution >= 4 is 6.09 Å². The minimum atomic E-state index is -0.463. The molecule has 1 amide bonds. The Hall–Kier alpha value is -0.810. The lowest BCUT2D eigenvalue weighted by Gasteiger charge is -2.37. The summed E-state index contributed by atoms with van der Waals surface area (Å²) in [6, 6.07) is 0.00976. The minimum Gasteiger partial charge on any atom is -0.444 e. The first-order valence-corrected chi connectivity index (χ1v) is 7.18. The van der Waals surface area contributed by atoms with E-state index in [1.54, 1.807) is 4.90 Å². The number of amides is 1. The lowest BCUT2D eigenvalue weighted by Crippen LogP contribution is -2.54. The number of nitrogens with zero attached hydrogens (tertiary/aromatic N) is 1. The highest BCUT2D eigenvalue weighted by Crippen LogP contribution is 2.17. The molecule has 0 aromatic rings. The van der Waals surface area contributed by atoms with Crippen molar-refractivity contribution in [3.05, 3.63) is 0 Å². The average Bonchev–Trinajstić information content (AvgIpc) is 2.29. The topological polar surface area (TPSA) is 64.8 Å². The van der Waals surface area contributed by atoms with Gasteiger partial charge >= 0.3 is 6.09 Å². The molecule has 19 heavy (non-hydrogen) atoms. The number of carbonyl (C=O) groups is 1. The van der Waals surface area contributed by atoms with Crippen LogP contribution < -0.4 is 5.73 Å². The predicted octanol–water partition coefficient (Wildman–Crippen LogP) is 2.14. The van der Waals surface area contributed by atoms with Gasteiger partial charge in [0.1, 0.15) is 5.60 Å². The van der Waals surface area contributed by atoms with Gasteiger partial charge in [-0.1, -0.05) is 13.3 Å². The molecule has 1 rings (SSSR count). The lowest BCUT2D eigenvalue weighted by atomic mass is 10.0. The molecule has 0 aliphatic carbocycles. The summed E-state index contributed by atoms with van der Waals surface area (Å²) >= 11 is 0. The van der Waals surface area contributed by atoms with Crippen molar-refractivity contribution in [2.75, 3.05) is 19.7 Å². The van der Waals surface area contributed by atoms with Crippen molar-refractivity contribution in [2.45, 2.75) is 64.7 Å². The SMILES string of the molecule is CCCCOC1CN(C(=O)OC(C)(C)C)CCC1N. The minimum absolute atomic E-state index is 0.00976. The van der Waals surface area contributed by atoms with E-state index in [9.17, 15) is 4.79 Å². The predicted molar refractivity (Wildman–Crippen MR) is 75.0 cm³/mol. The molecule has 1 fully saturated rings. The molecule has 1 saturated heterocycles. The number of ether oxygens (including phenoxy) is 2. The van der Waals surface area contributed by atoms with E-state index in [1.165, 1.54) is 0 Å². The maximum atomic E-state index is 12.0. The molecule has 5 heteroatoms. The zero-order chi connectivity index (χ0) is 14.5. The van der Waals surface area contributed by atoms with Crippen LogP contribution in [0.3, 0.4) is 0 Å². The van der Waals surface area contributed by atoms with Gasteiger partial charge in [0, 0.05) is 19.2 Å². The Morgan fingerprint density at radius 2 is 2.11 bits per heavy atom. The van der Waals surface area contributed by atoms with Crippen molar-refractivity contribution in [2.24, 2.45) is 5.73 Å². The van der Waals surface area contributed by atoms with E-state index in [0.29, 0.717) is 19.7 Å². The molecule has 2 unspecified atom stereocenters. The lowest BCUT2D eigenvalue weighted by molar-refractivity contribution is -0.0288. The zero-order valence-corrected chi connectivity index (χ0v) is 12.6. The summed E-state index contributed by atoms with van der Waals surface area (Å²) < 4.78 is 11.1. The molecule has 112 valence electrons. The fourth-order valence-electron chi connectivity index (χ4n) is 1.98. The van der Waals surface area contributed by atoms with Crippen LogP contribution in [-0.2, 0) is 9.47 Å². The van der Waals surface area contributed by atoms with E-state index in [0.717, 1.165) is 19.3 Å². The summed E-state index contributed by atoms with van der Waals surface area (Å²) in [5.74, 6) is 0. The summed E-state index contributed by atoms with van der Waals surface area (Å²) in [6.07, 6.45) is 2.53. The highest BCUT2D eigenvalue weighted by Gasteiger charge is 2.32. The van der Waals surface area contributed by atoms with Crippen molar-refractivity contribution in [3.8, 4) is 0 Å². The molecule has 0 aromatic carbocycles. The number of hydrogen-bond donors (Lipinski definition) is 1. The van der Waals surface area contributed by atoms with Gasteiger partial charge in [0.25, 0.3) is 0 Å². The van der Waals surface area contributed by atoms with E-state index >= 15 is 0 Å². The summed E-state index contributed by atoms with van der Waals surface area (Å²) in [6.45, 7) is 9.61. The number of piperidine rings is 1. The summed E-state index contributed by atoms with van der Waals surface area (Å²) in [4.78, 5) is 13.7. The third kappa shape index (κ3) is 5.78. The van der Waals surface area contributed by atoms with Crippen LogP contribution >= 0.6 is 0 Å². The normalized spacial score (nSPS) is 24.4. The van der Waals surface area contributed by atoms with Crippen LogP contribution in [0, 0.1) is 0 Å². The smallest absolute Gasteiger partial charge is 0.410 e. The van der Waals surface area contributed by atoms with Gasteiger partial charge in [-0.2, -0.15) is 0 Å². The summed E-state index contributed by atoms with van der Waals surface area (Å²) in [5.41, 5.74) is 5.58. The van der Waals surface area contributed by atoms with Crippen LogP contribution in [-0.4, -0.2) is 48.4 Å². The van der Waals surface area contributed by atoms with Crippen LogP contribution in [0.5, 0.6) is 0 Å². The van der Waals surface area contributed by atoms with E-state index in [1.807, 2.05) is 20.8 Å². The highest BCUT2D eigenvalue weighted by atomic mass is 16.6. The Morgan fingerprint density at radius 1 is 1.42 bits per heavy atom. The molecule has 1 heterocycles. The molecule has 0 bridgehead atoms. The Labute approximate surface area is 116 Å². The van der Waals surface area contributed by atoms with E-state index in [4.69, 9.17) is 15.2 Å². The Kier molecular flexibility index (Phi) is 6.07. The molecular formula is C14H28N2O3. The number of nitrogens with two attached hydrogens (primary N) is 1. The first-order chi connectivity index (χ1) is 8.83. The van der Waals surface area contributed by atoms with Crippen molar-refractivity contribution in [1.29, 1.82) is 0 Å². The van der Waals surface area contributed by atoms with Crippen LogP contribution in [0.2, 0.25) is 0 Å². The van der Waals surface area contributed by atoms with Crippen LogP contribution in [0.1, 0.15) is 47.0 Å². The van der Waals surface area contributed by atoms with Gasteiger partial charge in [-0.3, -0.25) is 0 Å². The molecule has 0 saturated carbocycles. The van der Waals surface area contributed by atoms with Gasteiger partial charge in [-0.05, 0) is 33.6 Å². The molecule has 5 nitrogen and oxygen atoms in total. The Morgan fingerprint density at radius 3 is 2.68 bits per heavy atom. The highest BCUT2D eigenvalue weighted by molar-refractivity contribution is 5.68. The van der Waals surface area contributed by atoms with Crippen LogP contribution in [0.25, 0.3) is 0 Å². The third-order valence-electron chi connectivity index (χ3n) is 3.09. The summed E-state index contributed by atoms with van der Waals surface area (Å²) in [5, 5.41) is 0. The van der Waals surface area contributed by atoms with Crippen molar-refractivity contribution < 1.29 is 14.3 Å². The Balaban J connectivity index is 2.46. The van der Waals surface area contributed by atoms with Gasteiger partial charge in [-0.25, -0.2) is 4.79 Å². The first-order valence-electron chi connectivity index (χ1n) is 7.18. The molecular weight excluding hydrogens is 244 g/mol. The molecule has 2 atom stereocenters. The maximum Gasteiger partial charge on any atom is 0.410 e. The monoisotopic (exact) mass is 272 g/mol. The fourth-order valence-corrected chi connectivity index (χ4v) is 1.98. The van der Waals surface area contributed by atoms with Crippen molar-refractivity contribution in [1.82, 2.24) is 4.90 Å². The number of carbonyl (C=O) groups excluding carboxylic acids is 1. The molecule has 1 aliphatic heterocycles. The Bertz CT molecular complexity index is 289. The molecule has 0 radical (unpaired) electrons. The summed E-state index contributed by atoms with van der Waals surface area (Å²) in [7, 11) is 0. The zero-order valence-electron chi connectivity index (χ0n) is 12.6. The number of rotatable bonds is 4. The van der Waals surface area contributed by atoms with Gasteiger partial charge in [-0.15, -0.1) is 0 Å². The largest absolute Gasteiger partial charge is 0.444 e. The van der Waals surface area contributed by atoms with Gasteiger partial charge in [0.05, 0.1) is 12.6 Å².